The molecule has 0 atom stereocenters. The first-order chi connectivity index (χ1) is 18.0. The zero-order chi connectivity index (χ0) is 26.3. The smallest absolute Gasteiger partial charge is 0.303 e. The second-order valence-corrected chi connectivity index (χ2v) is 11.0. The van der Waals surface area contributed by atoms with Crippen molar-refractivity contribution in [3.8, 4) is 0 Å². The van der Waals surface area contributed by atoms with Gasteiger partial charge in [-0.25, -0.2) is 0 Å². The maximum Gasteiger partial charge on any atom is 0.303 e. The summed E-state index contributed by atoms with van der Waals surface area (Å²) in [6, 6.07) is 16.9. The van der Waals surface area contributed by atoms with Crippen LogP contribution >= 0.6 is 0 Å². The highest BCUT2D eigenvalue weighted by Crippen LogP contribution is 2.29. The van der Waals surface area contributed by atoms with Gasteiger partial charge in [0.05, 0.1) is 0 Å². The first-order valence-corrected chi connectivity index (χ1v) is 14.7. The number of hydrogen-bond donors (Lipinski definition) is 1. The number of hydrogen-bond acceptors (Lipinski definition) is 2. The molecule has 0 unspecified atom stereocenters. The molecule has 0 aliphatic heterocycles. The van der Waals surface area contributed by atoms with Crippen molar-refractivity contribution in [1.29, 1.82) is 0 Å². The summed E-state index contributed by atoms with van der Waals surface area (Å²) in [4.78, 5) is 26.2. The fourth-order valence-electron chi connectivity index (χ4n) is 5.44. The van der Waals surface area contributed by atoms with Gasteiger partial charge in [-0.2, -0.15) is 0 Å². The molecular weight excluding hydrogens is 458 g/mol. The molecule has 0 radical (unpaired) electrons. The molecule has 1 saturated carbocycles. The summed E-state index contributed by atoms with van der Waals surface area (Å²) < 4.78 is 0. The minimum absolute atomic E-state index is 0.139. The molecule has 2 aromatic rings. The number of carboxylic acid groups (broad SMARTS) is 1. The summed E-state index contributed by atoms with van der Waals surface area (Å²) in [7, 11) is 0. The Morgan fingerprint density at radius 2 is 1.24 bits per heavy atom. The van der Waals surface area contributed by atoms with Gasteiger partial charge in [0, 0.05) is 25.9 Å². The van der Waals surface area contributed by atoms with Crippen molar-refractivity contribution in [2.75, 3.05) is 0 Å². The molecule has 4 nitrogen and oxygen atoms in total. The number of aryl methyl sites for hydroxylation is 2. The minimum Gasteiger partial charge on any atom is -0.481 e. The third-order valence-electron chi connectivity index (χ3n) is 7.83. The van der Waals surface area contributed by atoms with Gasteiger partial charge in [-0.15, -0.1) is 0 Å². The Bertz CT molecular complexity index is 929. The second-order valence-electron chi connectivity index (χ2n) is 11.0. The Hall–Kier alpha value is -2.62. The number of nitrogens with zero attached hydrogens (tertiary/aromatic N) is 1. The number of carbonyl (C=O) groups excluding carboxylic acids is 1. The van der Waals surface area contributed by atoms with Crippen molar-refractivity contribution in [2.45, 2.75) is 116 Å². The van der Waals surface area contributed by atoms with Crippen molar-refractivity contribution in [1.82, 2.24) is 4.90 Å². The fourth-order valence-corrected chi connectivity index (χ4v) is 5.44. The molecule has 1 aliphatic rings. The van der Waals surface area contributed by atoms with Crippen LogP contribution in [-0.2, 0) is 35.5 Å². The van der Waals surface area contributed by atoms with E-state index in [1.165, 1.54) is 75.3 Å². The van der Waals surface area contributed by atoms with Crippen LogP contribution in [-0.4, -0.2) is 21.9 Å². The quantitative estimate of drug-likeness (QED) is 0.221. The molecule has 3 rings (SSSR count). The predicted molar refractivity (Wildman–Crippen MR) is 151 cm³/mol. The largest absolute Gasteiger partial charge is 0.481 e. The molecule has 202 valence electrons. The molecule has 1 aliphatic carbocycles. The lowest BCUT2D eigenvalue weighted by molar-refractivity contribution is -0.137. The normalized spacial score (nSPS) is 13.6. The van der Waals surface area contributed by atoms with Gasteiger partial charge in [0.1, 0.15) is 0 Å². The van der Waals surface area contributed by atoms with Crippen molar-refractivity contribution in [2.24, 2.45) is 5.92 Å². The van der Waals surface area contributed by atoms with Gasteiger partial charge >= 0.3 is 5.97 Å². The number of unbranched alkanes of at least 4 members (excludes halogenated alkanes) is 5. The van der Waals surface area contributed by atoms with Crippen LogP contribution < -0.4 is 0 Å². The van der Waals surface area contributed by atoms with E-state index in [-0.39, 0.29) is 12.3 Å². The van der Waals surface area contributed by atoms with Crippen LogP contribution in [0.1, 0.15) is 113 Å². The molecule has 0 aromatic heterocycles. The monoisotopic (exact) mass is 505 g/mol. The number of carboxylic acids is 1. The van der Waals surface area contributed by atoms with Crippen molar-refractivity contribution >= 4 is 11.9 Å². The van der Waals surface area contributed by atoms with Gasteiger partial charge in [-0.3, -0.25) is 9.59 Å². The number of amides is 1. The van der Waals surface area contributed by atoms with E-state index in [1.807, 2.05) is 29.2 Å². The second kappa shape index (κ2) is 16.3. The van der Waals surface area contributed by atoms with Gasteiger partial charge in [0.15, 0.2) is 0 Å². The fraction of sp³-hybridized carbons (Fsp3) is 0.576. The Kier molecular flexibility index (Phi) is 12.7. The van der Waals surface area contributed by atoms with E-state index in [9.17, 15) is 9.59 Å². The average Bonchev–Trinajstić information content (AvgIpc) is 3.43. The van der Waals surface area contributed by atoms with E-state index in [0.29, 0.717) is 31.8 Å². The summed E-state index contributed by atoms with van der Waals surface area (Å²) in [5.41, 5.74) is 4.67. The number of rotatable bonds is 17. The molecule has 0 heterocycles. The molecule has 2 aromatic carbocycles. The van der Waals surface area contributed by atoms with E-state index in [4.69, 9.17) is 5.11 Å². The molecule has 0 saturated heterocycles. The molecule has 1 N–H and O–H groups in total. The van der Waals surface area contributed by atoms with Gasteiger partial charge in [-0.05, 0) is 53.9 Å². The summed E-state index contributed by atoms with van der Waals surface area (Å²) >= 11 is 0. The number of benzene rings is 2. The summed E-state index contributed by atoms with van der Waals surface area (Å²) in [5.74, 6) is 0.166. The first kappa shape index (κ1) is 28.9. The zero-order valence-corrected chi connectivity index (χ0v) is 22.9. The van der Waals surface area contributed by atoms with Crippen LogP contribution in [0.3, 0.4) is 0 Å². The lowest BCUT2D eigenvalue weighted by Gasteiger charge is -2.24. The van der Waals surface area contributed by atoms with Gasteiger partial charge in [-0.1, -0.05) is 113 Å². The Balaban J connectivity index is 1.57. The molecule has 37 heavy (non-hydrogen) atoms. The van der Waals surface area contributed by atoms with Crippen LogP contribution in [0.25, 0.3) is 0 Å². The van der Waals surface area contributed by atoms with Crippen LogP contribution in [0.4, 0.5) is 0 Å². The minimum atomic E-state index is -0.777. The highest BCUT2D eigenvalue weighted by Gasteiger charge is 2.20. The predicted octanol–water partition coefficient (Wildman–Crippen LogP) is 8.11. The Labute approximate surface area is 224 Å². The van der Waals surface area contributed by atoms with Crippen LogP contribution in [0, 0.1) is 5.92 Å². The average molecular weight is 506 g/mol. The lowest BCUT2D eigenvalue weighted by atomic mass is 10.0. The van der Waals surface area contributed by atoms with Crippen LogP contribution in [0.15, 0.2) is 48.5 Å². The van der Waals surface area contributed by atoms with Crippen molar-refractivity contribution in [3.05, 3.63) is 70.8 Å². The third-order valence-corrected chi connectivity index (χ3v) is 7.83. The molecule has 1 amide bonds. The van der Waals surface area contributed by atoms with Crippen molar-refractivity contribution < 1.29 is 14.7 Å². The maximum atomic E-state index is 13.3. The van der Waals surface area contributed by atoms with Crippen molar-refractivity contribution in [3.63, 3.8) is 0 Å². The van der Waals surface area contributed by atoms with E-state index in [2.05, 4.69) is 31.2 Å². The molecule has 4 heteroatoms. The van der Waals surface area contributed by atoms with E-state index < -0.39 is 5.97 Å². The number of aliphatic carboxylic acids is 1. The van der Waals surface area contributed by atoms with E-state index in [0.717, 1.165) is 24.0 Å². The zero-order valence-electron chi connectivity index (χ0n) is 22.9. The topological polar surface area (TPSA) is 57.6 Å². The third kappa shape index (κ3) is 11.1. The molecular formula is C33H47NO3. The highest BCUT2D eigenvalue weighted by molar-refractivity contribution is 5.76. The standard InChI is InChI=1S/C33H47NO3/c1-2-3-4-5-6-7-10-28-13-17-30(18-14-28)25-34(32(35)23-21-27-11-8-9-12-27)26-31-19-15-29(16-20-31)22-24-33(36)37/h13-20,27H,2-12,21-26H2,1H3,(H,36,37). The summed E-state index contributed by atoms with van der Waals surface area (Å²) in [5, 5.41) is 8.93. The van der Waals surface area contributed by atoms with Crippen LogP contribution in [0.5, 0.6) is 0 Å². The molecule has 0 spiro atoms. The van der Waals surface area contributed by atoms with Crippen LogP contribution in [0.2, 0.25) is 0 Å². The van der Waals surface area contributed by atoms with Gasteiger partial charge in [0.2, 0.25) is 5.91 Å². The van der Waals surface area contributed by atoms with E-state index in [1.54, 1.807) is 0 Å². The lowest BCUT2D eigenvalue weighted by Crippen LogP contribution is -2.30. The van der Waals surface area contributed by atoms with Gasteiger partial charge in [0.25, 0.3) is 0 Å². The highest BCUT2D eigenvalue weighted by atomic mass is 16.4. The maximum absolute atomic E-state index is 13.3. The Morgan fingerprint density at radius 1 is 0.730 bits per heavy atom. The molecule has 0 bridgehead atoms. The Morgan fingerprint density at radius 3 is 1.81 bits per heavy atom. The first-order valence-electron chi connectivity index (χ1n) is 14.7. The summed E-state index contributed by atoms with van der Waals surface area (Å²) in [6.45, 7) is 3.47. The molecule has 1 fully saturated rings. The number of carbonyl (C=O) groups is 2. The van der Waals surface area contributed by atoms with Gasteiger partial charge < -0.3 is 10.0 Å². The van der Waals surface area contributed by atoms with E-state index >= 15 is 0 Å². The summed E-state index contributed by atoms with van der Waals surface area (Å²) in [6.07, 6.45) is 16.5. The SMILES string of the molecule is CCCCCCCCc1ccc(CN(Cc2ccc(CCC(=O)O)cc2)C(=O)CCC2CCCC2)cc1.